The maximum absolute atomic E-state index is 12.9. The molecule has 8 nitrogen and oxygen atoms in total. The van der Waals surface area contributed by atoms with Gasteiger partial charge in [0.25, 0.3) is 5.56 Å². The van der Waals surface area contributed by atoms with E-state index >= 15 is 0 Å². The van der Waals surface area contributed by atoms with Gasteiger partial charge in [0.1, 0.15) is 5.75 Å². The number of methoxy groups -OCH3 is 1. The molecule has 4 rings (SSSR count). The number of rotatable bonds is 10. The summed E-state index contributed by atoms with van der Waals surface area (Å²) in [4.78, 5) is 29.2. The lowest BCUT2D eigenvalue weighted by Gasteiger charge is -2.08. The van der Waals surface area contributed by atoms with Gasteiger partial charge in [0, 0.05) is 12.5 Å². The Morgan fingerprint density at radius 1 is 1.09 bits per heavy atom. The van der Waals surface area contributed by atoms with E-state index in [0.29, 0.717) is 33.4 Å². The molecule has 0 fully saturated rings. The summed E-state index contributed by atoms with van der Waals surface area (Å²) < 4.78 is 18.0. The van der Waals surface area contributed by atoms with E-state index in [1.165, 1.54) is 49.1 Å². The van der Waals surface area contributed by atoms with Gasteiger partial charge < -0.3 is 14.2 Å². The fourth-order valence-corrected chi connectivity index (χ4v) is 4.45. The Bertz CT molecular complexity index is 1430. The van der Waals surface area contributed by atoms with Crippen molar-refractivity contribution in [3.8, 4) is 28.6 Å². The Labute approximate surface area is 206 Å². The van der Waals surface area contributed by atoms with Crippen molar-refractivity contribution >= 4 is 28.3 Å². The molecule has 0 N–H and O–H groups in total. The fraction of sp³-hybridized carbons (Fsp3) is 0.308. The van der Waals surface area contributed by atoms with E-state index in [1.54, 1.807) is 24.3 Å². The van der Waals surface area contributed by atoms with Crippen LogP contribution in [0.1, 0.15) is 45.1 Å². The van der Waals surface area contributed by atoms with E-state index in [2.05, 4.69) is 17.0 Å². The quantitative estimate of drug-likeness (QED) is 0.185. The first-order chi connectivity index (χ1) is 17.0. The molecule has 0 radical (unpaired) electrons. The second kappa shape index (κ2) is 11.1. The van der Waals surface area contributed by atoms with Crippen molar-refractivity contribution < 1.29 is 19.0 Å². The molecule has 0 unspecified atom stereocenters. The van der Waals surface area contributed by atoms with E-state index in [4.69, 9.17) is 14.2 Å². The Balaban J connectivity index is 1.52. The Morgan fingerprint density at radius 2 is 1.89 bits per heavy atom. The zero-order valence-corrected chi connectivity index (χ0v) is 20.8. The SMILES string of the molecule is CCCCCCOc1ccc(-c2nc3sc(=Cc4ccc(OC(C)=O)c(OC)c4)c(=O)n3n2)cc1. The van der Waals surface area contributed by atoms with Crippen LogP contribution in [0.4, 0.5) is 0 Å². The van der Waals surface area contributed by atoms with Gasteiger partial charge in [-0.3, -0.25) is 9.59 Å². The normalized spacial score (nSPS) is 11.7. The molecule has 2 heterocycles. The molecule has 0 bridgehead atoms. The molecule has 2 aromatic carbocycles. The lowest BCUT2D eigenvalue weighted by Crippen LogP contribution is -2.23. The van der Waals surface area contributed by atoms with Crippen LogP contribution in [0.25, 0.3) is 22.4 Å². The van der Waals surface area contributed by atoms with Crippen molar-refractivity contribution in [1.82, 2.24) is 14.6 Å². The average molecular weight is 494 g/mol. The van der Waals surface area contributed by atoms with Crippen LogP contribution in [-0.2, 0) is 4.79 Å². The average Bonchev–Trinajstić information content (AvgIpc) is 3.39. The third-order valence-electron chi connectivity index (χ3n) is 5.30. The number of ether oxygens (including phenoxy) is 3. The highest BCUT2D eigenvalue weighted by molar-refractivity contribution is 7.15. The summed E-state index contributed by atoms with van der Waals surface area (Å²) in [5.41, 5.74) is 1.29. The van der Waals surface area contributed by atoms with Gasteiger partial charge in [-0.25, -0.2) is 0 Å². The van der Waals surface area contributed by atoms with Crippen LogP contribution in [-0.4, -0.2) is 34.3 Å². The molecular formula is C26H27N3O5S. The monoisotopic (exact) mass is 493 g/mol. The smallest absolute Gasteiger partial charge is 0.308 e. The summed E-state index contributed by atoms with van der Waals surface area (Å²) in [6, 6.07) is 12.7. The molecular weight excluding hydrogens is 466 g/mol. The van der Waals surface area contributed by atoms with Crippen molar-refractivity contribution in [2.75, 3.05) is 13.7 Å². The van der Waals surface area contributed by atoms with Crippen LogP contribution < -0.4 is 24.3 Å². The predicted molar refractivity (Wildman–Crippen MR) is 135 cm³/mol. The van der Waals surface area contributed by atoms with E-state index in [9.17, 15) is 9.59 Å². The van der Waals surface area contributed by atoms with Gasteiger partial charge in [-0.05, 0) is 54.5 Å². The minimum absolute atomic E-state index is 0.251. The number of aromatic nitrogens is 3. The molecule has 0 aliphatic heterocycles. The van der Waals surface area contributed by atoms with Crippen molar-refractivity contribution in [1.29, 1.82) is 0 Å². The highest BCUT2D eigenvalue weighted by atomic mass is 32.1. The van der Waals surface area contributed by atoms with Gasteiger partial charge in [-0.15, -0.1) is 5.10 Å². The van der Waals surface area contributed by atoms with Gasteiger partial charge in [0.15, 0.2) is 17.3 Å². The van der Waals surface area contributed by atoms with E-state index < -0.39 is 5.97 Å². The van der Waals surface area contributed by atoms with Gasteiger partial charge in [0.05, 0.1) is 18.2 Å². The molecule has 0 aliphatic carbocycles. The number of fused-ring (bicyclic) bond motifs is 1. The van der Waals surface area contributed by atoms with Crippen LogP contribution in [0.2, 0.25) is 0 Å². The summed E-state index contributed by atoms with van der Waals surface area (Å²) in [5, 5.41) is 4.41. The van der Waals surface area contributed by atoms with Crippen molar-refractivity contribution in [3.05, 3.63) is 62.9 Å². The van der Waals surface area contributed by atoms with Crippen LogP contribution >= 0.6 is 11.3 Å². The largest absolute Gasteiger partial charge is 0.494 e. The number of unbranched alkanes of at least 4 members (excludes halogenated alkanes) is 3. The zero-order chi connectivity index (χ0) is 24.8. The van der Waals surface area contributed by atoms with E-state index in [-0.39, 0.29) is 5.56 Å². The third-order valence-corrected chi connectivity index (χ3v) is 6.26. The van der Waals surface area contributed by atoms with Crippen LogP contribution in [0.15, 0.2) is 47.3 Å². The second-order valence-corrected chi connectivity index (χ2v) is 8.99. The summed E-state index contributed by atoms with van der Waals surface area (Å²) in [6.45, 7) is 4.21. The van der Waals surface area contributed by atoms with Gasteiger partial charge in [0.2, 0.25) is 4.96 Å². The second-order valence-electron chi connectivity index (χ2n) is 7.98. The Morgan fingerprint density at radius 3 is 2.57 bits per heavy atom. The molecule has 0 saturated carbocycles. The van der Waals surface area contributed by atoms with Crippen molar-refractivity contribution in [3.63, 3.8) is 0 Å². The van der Waals surface area contributed by atoms with Gasteiger partial charge >= 0.3 is 5.97 Å². The van der Waals surface area contributed by atoms with E-state index in [0.717, 1.165) is 23.3 Å². The molecule has 35 heavy (non-hydrogen) atoms. The van der Waals surface area contributed by atoms with E-state index in [1.807, 2.05) is 24.3 Å². The van der Waals surface area contributed by atoms with Crippen molar-refractivity contribution in [2.45, 2.75) is 39.5 Å². The number of hydrogen-bond donors (Lipinski definition) is 0. The molecule has 0 amide bonds. The number of benzene rings is 2. The van der Waals surface area contributed by atoms with Crippen molar-refractivity contribution in [2.24, 2.45) is 0 Å². The molecule has 2 aromatic heterocycles. The maximum Gasteiger partial charge on any atom is 0.308 e. The first kappa shape index (κ1) is 24.4. The maximum atomic E-state index is 12.9. The first-order valence-corrected chi connectivity index (χ1v) is 12.3. The molecule has 0 atom stereocenters. The summed E-state index contributed by atoms with van der Waals surface area (Å²) in [6.07, 6.45) is 6.38. The number of carbonyl (C=O) groups excluding carboxylic acids is 1. The minimum atomic E-state index is -0.437. The number of esters is 1. The molecule has 9 heteroatoms. The molecule has 0 spiro atoms. The highest BCUT2D eigenvalue weighted by Gasteiger charge is 2.13. The third kappa shape index (κ3) is 5.86. The lowest BCUT2D eigenvalue weighted by atomic mass is 10.2. The molecule has 4 aromatic rings. The molecule has 0 saturated heterocycles. The standard InChI is InChI=1S/C26H27N3O5S/c1-4-5-6-7-14-33-20-11-9-19(10-12-20)24-27-26-29(28-24)25(31)23(35-26)16-18-8-13-21(34-17(2)30)22(15-18)32-3/h8-13,15-16H,4-7,14H2,1-3H3. The first-order valence-electron chi connectivity index (χ1n) is 11.5. The number of thiazole rings is 1. The van der Waals surface area contributed by atoms with Gasteiger partial charge in [-0.2, -0.15) is 9.50 Å². The summed E-state index contributed by atoms with van der Waals surface area (Å²) in [7, 11) is 1.49. The molecule has 0 aliphatic rings. The summed E-state index contributed by atoms with van der Waals surface area (Å²) >= 11 is 1.25. The zero-order valence-electron chi connectivity index (χ0n) is 19.9. The number of hydrogen-bond acceptors (Lipinski definition) is 8. The molecule has 182 valence electrons. The van der Waals surface area contributed by atoms with Gasteiger partial charge in [-0.1, -0.05) is 43.6 Å². The summed E-state index contributed by atoms with van der Waals surface area (Å²) in [5.74, 6) is 1.58. The number of nitrogens with zero attached hydrogens (tertiary/aromatic N) is 3. The Kier molecular flexibility index (Phi) is 7.77. The number of carbonyl (C=O) groups is 1. The topological polar surface area (TPSA) is 92.0 Å². The minimum Gasteiger partial charge on any atom is -0.494 e. The van der Waals surface area contributed by atoms with Crippen LogP contribution in [0.3, 0.4) is 0 Å². The van der Waals surface area contributed by atoms with Crippen LogP contribution in [0, 0.1) is 0 Å². The van der Waals surface area contributed by atoms with Crippen LogP contribution in [0.5, 0.6) is 17.2 Å². The fourth-order valence-electron chi connectivity index (χ4n) is 3.54. The lowest BCUT2D eigenvalue weighted by molar-refractivity contribution is -0.132. The predicted octanol–water partition coefficient (Wildman–Crippen LogP) is 4.26. The Hall–Kier alpha value is -3.72. The highest BCUT2D eigenvalue weighted by Crippen LogP contribution is 2.28.